The number of nitrogens with one attached hydrogen (secondary N) is 1. The summed E-state index contributed by atoms with van der Waals surface area (Å²) in [4.78, 5) is 21.7. The minimum Gasteiger partial charge on any atom is -0.351 e. The lowest BCUT2D eigenvalue weighted by atomic mass is 9.90. The van der Waals surface area contributed by atoms with E-state index >= 15 is 0 Å². The van der Waals surface area contributed by atoms with Crippen molar-refractivity contribution in [2.24, 2.45) is 0 Å². The summed E-state index contributed by atoms with van der Waals surface area (Å²) in [6.07, 6.45) is 5.32. The molecule has 142 valence electrons. The van der Waals surface area contributed by atoms with E-state index in [1.54, 1.807) is 18.6 Å². The van der Waals surface area contributed by atoms with Gasteiger partial charge in [-0.3, -0.25) is 14.8 Å². The summed E-state index contributed by atoms with van der Waals surface area (Å²) in [6, 6.07) is 27.5. The Morgan fingerprint density at radius 2 is 1.48 bits per heavy atom. The molecule has 0 aliphatic carbocycles. The number of rotatable bonds is 6. The maximum absolute atomic E-state index is 13.1. The Morgan fingerprint density at radius 1 is 0.793 bits per heavy atom. The van der Waals surface area contributed by atoms with Gasteiger partial charge in [0, 0.05) is 30.7 Å². The third kappa shape index (κ3) is 4.55. The number of nitrogens with zero attached hydrogens (tertiary/aromatic N) is 2. The highest BCUT2D eigenvalue weighted by atomic mass is 16.1. The van der Waals surface area contributed by atoms with Gasteiger partial charge in [-0.2, -0.15) is 0 Å². The van der Waals surface area contributed by atoms with Crippen molar-refractivity contribution in [3.8, 4) is 11.3 Å². The molecule has 0 fully saturated rings. The van der Waals surface area contributed by atoms with Crippen molar-refractivity contribution in [1.82, 2.24) is 15.3 Å². The van der Waals surface area contributed by atoms with E-state index in [1.807, 2.05) is 84.9 Å². The molecular weight excluding hydrogens is 358 g/mol. The molecule has 1 N–H and O–H groups in total. The number of amides is 1. The molecule has 0 saturated heterocycles. The highest BCUT2D eigenvalue weighted by Crippen LogP contribution is 2.25. The van der Waals surface area contributed by atoms with Crippen LogP contribution in [0.25, 0.3) is 11.3 Å². The van der Waals surface area contributed by atoms with Crippen LogP contribution >= 0.6 is 0 Å². The maximum Gasteiger partial charge on any atom is 0.232 e. The lowest BCUT2D eigenvalue weighted by Gasteiger charge is -2.18. The first-order valence-corrected chi connectivity index (χ1v) is 9.54. The van der Waals surface area contributed by atoms with Crippen LogP contribution < -0.4 is 5.32 Å². The molecular formula is C25H21N3O. The van der Waals surface area contributed by atoms with Crippen molar-refractivity contribution in [3.05, 3.63) is 120 Å². The molecule has 4 aromatic rings. The van der Waals surface area contributed by atoms with Crippen molar-refractivity contribution >= 4 is 5.91 Å². The van der Waals surface area contributed by atoms with Gasteiger partial charge < -0.3 is 5.32 Å². The fourth-order valence-electron chi connectivity index (χ4n) is 3.29. The first kappa shape index (κ1) is 18.6. The standard InChI is InChI=1S/C25H21N3O/c29-25(24(20-8-3-1-4-9-20)21-10-5-2-6-11-21)28-17-19-13-14-23(27-16-19)22-12-7-15-26-18-22/h1-16,18,24H,17H2,(H,28,29). The number of pyridine rings is 2. The molecule has 4 rings (SSSR count). The van der Waals surface area contributed by atoms with Crippen LogP contribution in [-0.2, 0) is 11.3 Å². The van der Waals surface area contributed by atoms with E-state index in [0.717, 1.165) is 27.9 Å². The minimum absolute atomic E-state index is 0.0289. The van der Waals surface area contributed by atoms with Crippen molar-refractivity contribution in [2.45, 2.75) is 12.5 Å². The summed E-state index contributed by atoms with van der Waals surface area (Å²) in [5, 5.41) is 3.06. The Kier molecular flexibility index (Phi) is 5.72. The van der Waals surface area contributed by atoms with Crippen molar-refractivity contribution < 1.29 is 4.79 Å². The molecule has 0 bridgehead atoms. The smallest absolute Gasteiger partial charge is 0.232 e. The molecule has 0 aliphatic heterocycles. The van der Waals surface area contributed by atoms with Gasteiger partial charge in [-0.15, -0.1) is 0 Å². The Morgan fingerprint density at radius 3 is 2.03 bits per heavy atom. The van der Waals surface area contributed by atoms with Crippen LogP contribution in [0.4, 0.5) is 0 Å². The molecule has 2 aromatic carbocycles. The van der Waals surface area contributed by atoms with E-state index < -0.39 is 0 Å². The highest BCUT2D eigenvalue weighted by Gasteiger charge is 2.22. The first-order chi connectivity index (χ1) is 14.3. The Balaban J connectivity index is 1.48. The van der Waals surface area contributed by atoms with Gasteiger partial charge in [-0.05, 0) is 34.9 Å². The van der Waals surface area contributed by atoms with Gasteiger partial charge in [-0.1, -0.05) is 66.7 Å². The largest absolute Gasteiger partial charge is 0.351 e. The monoisotopic (exact) mass is 379 g/mol. The summed E-state index contributed by atoms with van der Waals surface area (Å²) in [5.41, 5.74) is 4.73. The zero-order valence-corrected chi connectivity index (χ0v) is 15.9. The summed E-state index contributed by atoms with van der Waals surface area (Å²) in [5.74, 6) is -0.376. The zero-order valence-electron chi connectivity index (χ0n) is 15.9. The predicted octanol–water partition coefficient (Wildman–Crippen LogP) is 4.59. The molecule has 0 atom stereocenters. The van der Waals surface area contributed by atoms with Crippen molar-refractivity contribution in [1.29, 1.82) is 0 Å². The molecule has 4 nitrogen and oxygen atoms in total. The molecule has 0 saturated carbocycles. The summed E-state index contributed by atoms with van der Waals surface area (Å²) in [6.45, 7) is 0.426. The fraction of sp³-hybridized carbons (Fsp3) is 0.0800. The van der Waals surface area contributed by atoms with Gasteiger partial charge in [0.15, 0.2) is 0 Å². The lowest BCUT2D eigenvalue weighted by molar-refractivity contribution is -0.121. The lowest BCUT2D eigenvalue weighted by Crippen LogP contribution is -2.29. The number of carbonyl (C=O) groups is 1. The van der Waals surface area contributed by atoms with Gasteiger partial charge >= 0.3 is 0 Å². The van der Waals surface area contributed by atoms with E-state index in [1.165, 1.54) is 0 Å². The number of aromatic nitrogens is 2. The second kappa shape index (κ2) is 8.93. The second-order valence-corrected chi connectivity index (χ2v) is 6.77. The van der Waals surface area contributed by atoms with Gasteiger partial charge in [0.25, 0.3) is 0 Å². The molecule has 0 aliphatic rings. The molecule has 1 amide bonds. The molecule has 29 heavy (non-hydrogen) atoms. The van der Waals surface area contributed by atoms with Crippen molar-refractivity contribution in [2.75, 3.05) is 0 Å². The molecule has 2 heterocycles. The minimum atomic E-state index is -0.347. The van der Waals surface area contributed by atoms with E-state index in [2.05, 4.69) is 15.3 Å². The van der Waals surface area contributed by atoms with E-state index in [9.17, 15) is 4.79 Å². The van der Waals surface area contributed by atoms with Crippen LogP contribution in [0.1, 0.15) is 22.6 Å². The average molecular weight is 379 g/mol. The molecule has 0 spiro atoms. The summed E-state index contributed by atoms with van der Waals surface area (Å²) in [7, 11) is 0. The third-order valence-corrected chi connectivity index (χ3v) is 4.78. The van der Waals surface area contributed by atoms with E-state index in [0.29, 0.717) is 6.54 Å². The normalized spacial score (nSPS) is 10.7. The quantitative estimate of drug-likeness (QED) is 0.533. The number of benzene rings is 2. The van der Waals surface area contributed by atoms with Crippen LogP contribution in [0.5, 0.6) is 0 Å². The maximum atomic E-state index is 13.1. The average Bonchev–Trinajstić information content (AvgIpc) is 2.80. The Labute approximate surface area is 170 Å². The van der Waals surface area contributed by atoms with Crippen LogP contribution in [0.15, 0.2) is 104 Å². The molecule has 0 unspecified atom stereocenters. The van der Waals surface area contributed by atoms with E-state index in [4.69, 9.17) is 0 Å². The van der Waals surface area contributed by atoms with Gasteiger partial charge in [0.2, 0.25) is 5.91 Å². The van der Waals surface area contributed by atoms with Crippen LogP contribution in [0.3, 0.4) is 0 Å². The fourth-order valence-corrected chi connectivity index (χ4v) is 3.29. The Hall–Kier alpha value is -3.79. The van der Waals surface area contributed by atoms with Gasteiger partial charge in [0.1, 0.15) is 0 Å². The summed E-state index contributed by atoms with van der Waals surface area (Å²) >= 11 is 0. The SMILES string of the molecule is O=C(NCc1ccc(-c2cccnc2)nc1)C(c1ccccc1)c1ccccc1. The van der Waals surface area contributed by atoms with Crippen LogP contribution in [-0.4, -0.2) is 15.9 Å². The number of carbonyl (C=O) groups excluding carboxylic acids is 1. The van der Waals surface area contributed by atoms with E-state index in [-0.39, 0.29) is 11.8 Å². The molecule has 2 aromatic heterocycles. The summed E-state index contributed by atoms with van der Waals surface area (Å²) < 4.78 is 0. The zero-order chi connectivity index (χ0) is 19.9. The van der Waals surface area contributed by atoms with Gasteiger partial charge in [0.05, 0.1) is 11.6 Å². The molecule has 4 heteroatoms. The second-order valence-electron chi connectivity index (χ2n) is 6.77. The highest BCUT2D eigenvalue weighted by molar-refractivity contribution is 5.87. The van der Waals surface area contributed by atoms with Crippen LogP contribution in [0, 0.1) is 0 Å². The predicted molar refractivity (Wildman–Crippen MR) is 114 cm³/mol. The molecule has 0 radical (unpaired) electrons. The third-order valence-electron chi connectivity index (χ3n) is 4.78. The Bertz CT molecular complexity index is 1010. The van der Waals surface area contributed by atoms with Crippen LogP contribution in [0.2, 0.25) is 0 Å². The van der Waals surface area contributed by atoms with Gasteiger partial charge in [-0.25, -0.2) is 0 Å². The topological polar surface area (TPSA) is 54.9 Å². The number of hydrogen-bond donors (Lipinski definition) is 1. The van der Waals surface area contributed by atoms with Crippen molar-refractivity contribution in [3.63, 3.8) is 0 Å². The first-order valence-electron chi connectivity index (χ1n) is 9.54. The number of hydrogen-bond acceptors (Lipinski definition) is 3.